The minimum absolute atomic E-state index is 0.0981. The van der Waals surface area contributed by atoms with E-state index in [-0.39, 0.29) is 16.7 Å². The van der Waals surface area contributed by atoms with Gasteiger partial charge in [-0.2, -0.15) is 5.26 Å². The molecule has 5 heteroatoms. The first-order valence-corrected chi connectivity index (χ1v) is 5.47. The Morgan fingerprint density at radius 1 is 1.59 bits per heavy atom. The van der Waals surface area contributed by atoms with Gasteiger partial charge >= 0.3 is 5.69 Å². The lowest BCUT2D eigenvalue weighted by molar-refractivity contribution is -0.384. The third-order valence-electron chi connectivity index (χ3n) is 3.15. The van der Waals surface area contributed by atoms with Crippen molar-refractivity contribution in [3.8, 4) is 6.07 Å². The van der Waals surface area contributed by atoms with Gasteiger partial charge in [0.25, 0.3) is 0 Å². The van der Waals surface area contributed by atoms with Crippen LogP contribution in [0, 0.1) is 26.9 Å². The highest BCUT2D eigenvalue weighted by Gasteiger charge is 2.37. The summed E-state index contributed by atoms with van der Waals surface area (Å²) in [4.78, 5) is 10.5. The van der Waals surface area contributed by atoms with Gasteiger partial charge in [-0.1, -0.05) is 13.0 Å². The van der Waals surface area contributed by atoms with Crippen LogP contribution in [0.25, 0.3) is 0 Å². The van der Waals surface area contributed by atoms with Gasteiger partial charge in [0.05, 0.1) is 4.92 Å². The number of nitriles is 1. The number of para-hydroxylation sites is 1. The minimum Gasteiger partial charge on any atom is -0.379 e. The number of benzene rings is 1. The highest BCUT2D eigenvalue weighted by molar-refractivity contribution is 5.68. The van der Waals surface area contributed by atoms with Crippen molar-refractivity contribution in [1.29, 1.82) is 5.26 Å². The average molecular weight is 231 g/mol. The van der Waals surface area contributed by atoms with Gasteiger partial charge in [-0.15, -0.1) is 0 Å². The van der Waals surface area contributed by atoms with E-state index in [1.54, 1.807) is 12.1 Å². The van der Waals surface area contributed by atoms with Crippen LogP contribution in [-0.4, -0.2) is 11.5 Å². The Morgan fingerprint density at radius 3 is 2.82 bits per heavy atom. The first-order valence-electron chi connectivity index (χ1n) is 5.47. The number of hydrogen-bond donors (Lipinski definition) is 1. The number of nitrogens with zero attached hydrogens (tertiary/aromatic N) is 2. The van der Waals surface area contributed by atoms with Crippen molar-refractivity contribution in [3.63, 3.8) is 0 Å². The second kappa shape index (κ2) is 4.06. The molecule has 1 saturated carbocycles. The summed E-state index contributed by atoms with van der Waals surface area (Å²) in [5.41, 5.74) is 0.665. The zero-order valence-corrected chi connectivity index (χ0v) is 9.56. The zero-order chi connectivity index (χ0) is 12.5. The molecule has 1 aliphatic rings. The van der Waals surface area contributed by atoms with Crippen LogP contribution in [0.15, 0.2) is 18.2 Å². The molecule has 0 spiro atoms. The molecule has 0 atom stereocenters. The maximum atomic E-state index is 11.0. The fraction of sp³-hybridized carbons (Fsp3) is 0.417. The Hall–Kier alpha value is -2.09. The molecule has 2 rings (SSSR count). The summed E-state index contributed by atoms with van der Waals surface area (Å²) in [6.07, 6.45) is 2.29. The van der Waals surface area contributed by atoms with E-state index >= 15 is 0 Å². The fourth-order valence-electron chi connectivity index (χ4n) is 1.67. The number of anilines is 1. The first kappa shape index (κ1) is 11.4. The molecular formula is C12H13N3O2. The lowest BCUT2D eigenvalue weighted by atomic mass is 10.1. The summed E-state index contributed by atoms with van der Waals surface area (Å²) >= 11 is 0. The van der Waals surface area contributed by atoms with Crippen LogP contribution in [0.4, 0.5) is 11.4 Å². The first-order chi connectivity index (χ1) is 8.06. The summed E-state index contributed by atoms with van der Waals surface area (Å²) in [6, 6.07) is 6.61. The summed E-state index contributed by atoms with van der Waals surface area (Å²) in [6.45, 7) is 2.85. The van der Waals surface area contributed by atoms with Crippen molar-refractivity contribution in [3.05, 3.63) is 33.9 Å². The molecule has 88 valence electrons. The third kappa shape index (κ3) is 2.36. The van der Waals surface area contributed by atoms with Gasteiger partial charge in [-0.25, -0.2) is 0 Å². The molecule has 0 saturated heterocycles. The molecule has 0 amide bonds. The molecule has 0 heterocycles. The van der Waals surface area contributed by atoms with Crippen molar-refractivity contribution in [1.82, 2.24) is 0 Å². The topological polar surface area (TPSA) is 79.0 Å². The van der Waals surface area contributed by atoms with Gasteiger partial charge in [0.2, 0.25) is 0 Å². The molecule has 1 fully saturated rings. The van der Waals surface area contributed by atoms with Crippen molar-refractivity contribution in [2.45, 2.75) is 19.8 Å². The van der Waals surface area contributed by atoms with E-state index in [4.69, 9.17) is 5.26 Å². The standard InChI is InChI=1S/C12H13N3O2/c1-12(5-6-12)8-14-10-4-2-3-9(7-13)11(10)15(16)17/h2-4,14H,5-6,8H2,1H3. The normalized spacial score (nSPS) is 16.0. The van der Waals surface area contributed by atoms with Crippen molar-refractivity contribution in [2.24, 2.45) is 5.41 Å². The van der Waals surface area contributed by atoms with Gasteiger partial charge in [0.15, 0.2) is 0 Å². The van der Waals surface area contributed by atoms with Crippen molar-refractivity contribution < 1.29 is 4.92 Å². The van der Waals surface area contributed by atoms with E-state index in [1.165, 1.54) is 6.07 Å². The Kier molecular flexibility index (Phi) is 2.72. The van der Waals surface area contributed by atoms with Gasteiger partial charge < -0.3 is 5.32 Å². The molecule has 1 N–H and O–H groups in total. The predicted molar refractivity (Wildman–Crippen MR) is 63.6 cm³/mol. The molecule has 1 aliphatic carbocycles. The summed E-state index contributed by atoms with van der Waals surface area (Å²) < 4.78 is 0. The molecule has 0 unspecified atom stereocenters. The van der Waals surface area contributed by atoms with Crippen LogP contribution < -0.4 is 5.32 Å². The van der Waals surface area contributed by atoms with Crippen LogP contribution in [0.5, 0.6) is 0 Å². The molecule has 0 aliphatic heterocycles. The average Bonchev–Trinajstić information content (AvgIpc) is 3.04. The summed E-state index contributed by atoms with van der Waals surface area (Å²) in [7, 11) is 0. The van der Waals surface area contributed by atoms with Crippen LogP contribution in [-0.2, 0) is 0 Å². The minimum atomic E-state index is -0.504. The summed E-state index contributed by atoms with van der Waals surface area (Å²) in [5.74, 6) is 0. The lowest BCUT2D eigenvalue weighted by Gasteiger charge is -2.11. The van der Waals surface area contributed by atoms with E-state index in [2.05, 4.69) is 12.2 Å². The van der Waals surface area contributed by atoms with Crippen LogP contribution in [0.1, 0.15) is 25.3 Å². The van der Waals surface area contributed by atoms with E-state index in [9.17, 15) is 10.1 Å². The maximum Gasteiger partial charge on any atom is 0.309 e. The lowest BCUT2D eigenvalue weighted by Crippen LogP contribution is -2.13. The van der Waals surface area contributed by atoms with Crippen LogP contribution in [0.2, 0.25) is 0 Å². The Balaban J connectivity index is 2.26. The van der Waals surface area contributed by atoms with Crippen molar-refractivity contribution in [2.75, 3.05) is 11.9 Å². The molecule has 0 bridgehead atoms. The van der Waals surface area contributed by atoms with E-state index < -0.39 is 4.92 Å². The maximum absolute atomic E-state index is 11.0. The monoisotopic (exact) mass is 231 g/mol. The molecule has 1 aromatic rings. The van der Waals surface area contributed by atoms with Gasteiger partial charge in [0.1, 0.15) is 17.3 Å². The quantitative estimate of drug-likeness (QED) is 0.638. The highest BCUT2D eigenvalue weighted by Crippen LogP contribution is 2.45. The fourth-order valence-corrected chi connectivity index (χ4v) is 1.67. The predicted octanol–water partition coefficient (Wildman–Crippen LogP) is 2.68. The number of rotatable bonds is 4. The molecule has 0 aromatic heterocycles. The van der Waals surface area contributed by atoms with Crippen molar-refractivity contribution >= 4 is 11.4 Å². The smallest absolute Gasteiger partial charge is 0.309 e. The Labute approximate surface area is 99.2 Å². The zero-order valence-electron chi connectivity index (χ0n) is 9.56. The Bertz CT molecular complexity index is 501. The second-order valence-electron chi connectivity index (χ2n) is 4.73. The van der Waals surface area contributed by atoms with Gasteiger partial charge in [-0.3, -0.25) is 10.1 Å². The SMILES string of the molecule is CC1(CNc2cccc(C#N)c2[N+](=O)[O-])CC1. The van der Waals surface area contributed by atoms with E-state index in [1.807, 2.05) is 6.07 Å². The second-order valence-corrected chi connectivity index (χ2v) is 4.73. The van der Waals surface area contributed by atoms with Gasteiger partial charge in [0, 0.05) is 6.54 Å². The largest absolute Gasteiger partial charge is 0.379 e. The van der Waals surface area contributed by atoms with E-state index in [0.29, 0.717) is 12.2 Å². The summed E-state index contributed by atoms with van der Waals surface area (Å²) in [5, 5.41) is 22.9. The van der Waals surface area contributed by atoms with E-state index in [0.717, 1.165) is 12.8 Å². The number of nitro benzene ring substituents is 1. The molecule has 0 radical (unpaired) electrons. The molecular weight excluding hydrogens is 218 g/mol. The Morgan fingerprint density at radius 2 is 2.29 bits per heavy atom. The van der Waals surface area contributed by atoms with Crippen LogP contribution in [0.3, 0.4) is 0 Å². The number of nitrogens with one attached hydrogen (secondary N) is 1. The number of nitro groups is 1. The van der Waals surface area contributed by atoms with Gasteiger partial charge in [-0.05, 0) is 30.4 Å². The molecule has 1 aromatic carbocycles. The highest BCUT2D eigenvalue weighted by atomic mass is 16.6. The third-order valence-corrected chi connectivity index (χ3v) is 3.15. The number of hydrogen-bond acceptors (Lipinski definition) is 4. The molecule has 5 nitrogen and oxygen atoms in total. The van der Waals surface area contributed by atoms with Crippen LogP contribution >= 0.6 is 0 Å². The molecule has 17 heavy (non-hydrogen) atoms.